The maximum Gasteiger partial charge on any atom is 0.200 e. The fraction of sp³-hybridized carbons (Fsp3) is 0.625. The predicted octanol–water partition coefficient (Wildman–Crippen LogP) is 4.19. The average Bonchev–Trinajstić information content (AvgIpc) is 2.56. The summed E-state index contributed by atoms with van der Waals surface area (Å²) < 4.78 is 69.0. The zero-order valence-electron chi connectivity index (χ0n) is 13.6. The van der Waals surface area contributed by atoms with Gasteiger partial charge in [-0.25, -0.2) is 22.0 Å². The molecule has 1 fully saturated rings. The highest BCUT2D eigenvalue weighted by Gasteiger charge is 2.36. The lowest BCUT2D eigenvalue weighted by atomic mass is 9.88. The molecule has 2 rings (SSSR count). The Morgan fingerprint density at radius 1 is 0.917 bits per heavy atom. The van der Waals surface area contributed by atoms with Crippen LogP contribution in [0.2, 0.25) is 0 Å². The van der Waals surface area contributed by atoms with Crippen LogP contribution in [0.5, 0.6) is 0 Å². The number of nitrogens with zero attached hydrogens (tertiary/aromatic N) is 1. The van der Waals surface area contributed by atoms with E-state index >= 15 is 0 Å². The minimum absolute atomic E-state index is 0. The van der Waals surface area contributed by atoms with Crippen LogP contribution in [0.25, 0.3) is 0 Å². The Labute approximate surface area is 144 Å². The Bertz CT molecular complexity index is 535. The summed E-state index contributed by atoms with van der Waals surface area (Å²) >= 11 is 0. The molecule has 1 heterocycles. The van der Waals surface area contributed by atoms with Crippen LogP contribution in [-0.2, 0) is 0 Å². The fourth-order valence-electron chi connectivity index (χ4n) is 3.28. The van der Waals surface area contributed by atoms with Gasteiger partial charge < -0.3 is 5.32 Å². The van der Waals surface area contributed by atoms with Crippen molar-refractivity contribution in [2.24, 2.45) is 5.92 Å². The van der Waals surface area contributed by atoms with E-state index in [2.05, 4.69) is 5.32 Å². The van der Waals surface area contributed by atoms with Crippen molar-refractivity contribution in [1.29, 1.82) is 0 Å². The summed E-state index contributed by atoms with van der Waals surface area (Å²) in [5.41, 5.74) is -0.704. The lowest BCUT2D eigenvalue weighted by Gasteiger charge is -2.39. The first-order chi connectivity index (χ1) is 10.9. The molecule has 1 N–H and O–H groups in total. The standard InChI is InChI=1S/C16H21F5N2.ClH/c1-3-4-9(2)16(23-7-5-22-6-8-23)10-11(17)13(19)15(21)14(20)12(10)18;/h9,16,22H,3-8H2,1-2H3;1H/t9?,16-;/m1./s1. The Balaban J connectivity index is 0.00000288. The van der Waals surface area contributed by atoms with Gasteiger partial charge in [0.05, 0.1) is 0 Å². The molecule has 1 aliphatic rings. The van der Waals surface area contributed by atoms with E-state index in [0.29, 0.717) is 32.6 Å². The minimum Gasteiger partial charge on any atom is -0.314 e. The molecule has 1 aliphatic heterocycles. The largest absolute Gasteiger partial charge is 0.314 e. The third kappa shape index (κ3) is 4.00. The molecule has 2 nitrogen and oxygen atoms in total. The van der Waals surface area contributed by atoms with Crippen LogP contribution in [0, 0.1) is 35.0 Å². The third-order valence-electron chi connectivity index (χ3n) is 4.37. The number of halogens is 6. The van der Waals surface area contributed by atoms with Crippen molar-refractivity contribution in [2.45, 2.75) is 32.7 Å². The van der Waals surface area contributed by atoms with Gasteiger partial charge in [-0.15, -0.1) is 12.4 Å². The Morgan fingerprint density at radius 3 is 1.83 bits per heavy atom. The molecule has 0 amide bonds. The van der Waals surface area contributed by atoms with Gasteiger partial charge in [0.25, 0.3) is 0 Å². The minimum atomic E-state index is -2.11. The normalized spacial score (nSPS) is 18.1. The summed E-state index contributed by atoms with van der Waals surface area (Å²) in [4.78, 5) is 1.80. The zero-order valence-corrected chi connectivity index (χ0v) is 14.5. The summed E-state index contributed by atoms with van der Waals surface area (Å²) in [6.45, 7) is 5.93. The highest BCUT2D eigenvalue weighted by Crippen LogP contribution is 2.37. The number of benzene rings is 1. The summed E-state index contributed by atoms with van der Waals surface area (Å²) in [5.74, 6) is -9.51. The highest BCUT2D eigenvalue weighted by atomic mass is 35.5. The lowest BCUT2D eigenvalue weighted by Crippen LogP contribution is -2.47. The van der Waals surface area contributed by atoms with E-state index in [0.717, 1.165) is 6.42 Å². The molecular formula is C16H22ClF5N2. The Kier molecular flexibility index (Phi) is 7.89. The summed E-state index contributed by atoms with van der Waals surface area (Å²) in [7, 11) is 0. The molecule has 2 atom stereocenters. The van der Waals surface area contributed by atoms with Crippen LogP contribution >= 0.6 is 12.4 Å². The molecule has 0 spiro atoms. The van der Waals surface area contributed by atoms with Crippen LogP contribution in [-0.4, -0.2) is 31.1 Å². The number of rotatable bonds is 5. The van der Waals surface area contributed by atoms with Crippen molar-refractivity contribution in [3.05, 3.63) is 34.6 Å². The summed E-state index contributed by atoms with van der Waals surface area (Å²) in [6.07, 6.45) is 1.40. The molecule has 0 aromatic heterocycles. The second-order valence-corrected chi connectivity index (χ2v) is 5.98. The molecule has 1 aromatic carbocycles. The third-order valence-corrected chi connectivity index (χ3v) is 4.37. The van der Waals surface area contributed by atoms with Gasteiger partial charge in [0.2, 0.25) is 5.82 Å². The van der Waals surface area contributed by atoms with E-state index in [1.165, 1.54) is 0 Å². The van der Waals surface area contributed by atoms with Crippen LogP contribution in [0.3, 0.4) is 0 Å². The van der Waals surface area contributed by atoms with Crippen molar-refractivity contribution >= 4 is 12.4 Å². The van der Waals surface area contributed by atoms with Gasteiger partial charge in [0.15, 0.2) is 23.3 Å². The van der Waals surface area contributed by atoms with Gasteiger partial charge >= 0.3 is 0 Å². The van der Waals surface area contributed by atoms with Crippen LogP contribution in [0.15, 0.2) is 0 Å². The van der Waals surface area contributed by atoms with Gasteiger partial charge in [-0.3, -0.25) is 4.90 Å². The molecule has 1 saturated heterocycles. The van der Waals surface area contributed by atoms with E-state index in [9.17, 15) is 22.0 Å². The van der Waals surface area contributed by atoms with Gasteiger partial charge in [-0.05, 0) is 12.3 Å². The summed E-state index contributed by atoms with van der Waals surface area (Å²) in [5, 5.41) is 3.12. The topological polar surface area (TPSA) is 15.3 Å². The zero-order chi connectivity index (χ0) is 17.1. The molecule has 0 radical (unpaired) electrons. The van der Waals surface area contributed by atoms with E-state index < -0.39 is 40.7 Å². The quantitative estimate of drug-likeness (QED) is 0.474. The fourth-order valence-corrected chi connectivity index (χ4v) is 3.28. The Morgan fingerprint density at radius 2 is 1.38 bits per heavy atom. The van der Waals surface area contributed by atoms with Gasteiger partial charge in [-0.1, -0.05) is 20.3 Å². The predicted molar refractivity (Wildman–Crippen MR) is 84.7 cm³/mol. The van der Waals surface area contributed by atoms with E-state index in [4.69, 9.17) is 0 Å². The van der Waals surface area contributed by atoms with Gasteiger partial charge in [-0.2, -0.15) is 0 Å². The monoisotopic (exact) mass is 372 g/mol. The first-order valence-corrected chi connectivity index (χ1v) is 7.86. The maximum absolute atomic E-state index is 14.2. The molecule has 0 saturated carbocycles. The number of piperazine rings is 1. The van der Waals surface area contributed by atoms with Gasteiger partial charge in [0.1, 0.15) is 0 Å². The molecule has 0 bridgehead atoms. The molecular weight excluding hydrogens is 351 g/mol. The molecule has 138 valence electrons. The molecule has 1 aromatic rings. The molecule has 24 heavy (non-hydrogen) atoms. The van der Waals surface area contributed by atoms with E-state index in [1.54, 1.807) is 11.8 Å². The second kappa shape index (κ2) is 8.97. The number of hydrogen-bond acceptors (Lipinski definition) is 2. The molecule has 1 unspecified atom stereocenters. The lowest BCUT2D eigenvalue weighted by molar-refractivity contribution is 0.117. The number of hydrogen-bond donors (Lipinski definition) is 1. The maximum atomic E-state index is 14.2. The average molecular weight is 373 g/mol. The van der Waals surface area contributed by atoms with E-state index in [1.807, 2.05) is 6.92 Å². The van der Waals surface area contributed by atoms with Crippen molar-refractivity contribution in [3.8, 4) is 0 Å². The first kappa shape index (κ1) is 21.1. The number of nitrogens with one attached hydrogen (secondary N) is 1. The van der Waals surface area contributed by atoms with Crippen LogP contribution < -0.4 is 5.32 Å². The Hall–Kier alpha value is -0.920. The molecule has 8 heteroatoms. The second-order valence-electron chi connectivity index (χ2n) is 5.98. The highest BCUT2D eigenvalue weighted by molar-refractivity contribution is 5.85. The van der Waals surface area contributed by atoms with Crippen LogP contribution in [0.1, 0.15) is 38.3 Å². The van der Waals surface area contributed by atoms with Gasteiger partial charge in [0, 0.05) is 37.8 Å². The molecule has 0 aliphatic carbocycles. The first-order valence-electron chi connectivity index (χ1n) is 7.86. The van der Waals surface area contributed by atoms with Crippen molar-refractivity contribution in [1.82, 2.24) is 10.2 Å². The summed E-state index contributed by atoms with van der Waals surface area (Å²) in [6, 6.07) is -0.832. The van der Waals surface area contributed by atoms with Crippen molar-refractivity contribution < 1.29 is 22.0 Å². The smallest absolute Gasteiger partial charge is 0.200 e. The van der Waals surface area contributed by atoms with Crippen LogP contribution in [0.4, 0.5) is 22.0 Å². The van der Waals surface area contributed by atoms with Crippen molar-refractivity contribution in [2.75, 3.05) is 26.2 Å². The van der Waals surface area contributed by atoms with E-state index in [-0.39, 0.29) is 18.3 Å². The SMILES string of the molecule is CCCC(C)[C@H](c1c(F)c(F)c(F)c(F)c1F)N1CCNCC1.Cl. The van der Waals surface area contributed by atoms with Crippen molar-refractivity contribution in [3.63, 3.8) is 0 Å².